The van der Waals surface area contributed by atoms with Gasteiger partial charge in [0.15, 0.2) is 5.82 Å². The van der Waals surface area contributed by atoms with E-state index in [-0.39, 0.29) is 5.41 Å². The van der Waals surface area contributed by atoms with Crippen molar-refractivity contribution in [3.63, 3.8) is 0 Å². The van der Waals surface area contributed by atoms with Crippen LogP contribution in [0.5, 0.6) is 0 Å². The molecule has 25 heavy (non-hydrogen) atoms. The van der Waals surface area contributed by atoms with Crippen LogP contribution in [0.4, 0.5) is 6.01 Å². The largest absolute Gasteiger partial charge is 0.381 e. The van der Waals surface area contributed by atoms with Gasteiger partial charge in [0.25, 0.3) is 0 Å². The van der Waals surface area contributed by atoms with Crippen molar-refractivity contribution in [3.05, 3.63) is 40.1 Å². The molecule has 1 aliphatic heterocycles. The lowest BCUT2D eigenvalue weighted by molar-refractivity contribution is 0.0808. The number of rotatable bonds is 5. The van der Waals surface area contributed by atoms with Gasteiger partial charge in [0, 0.05) is 24.7 Å². The summed E-state index contributed by atoms with van der Waals surface area (Å²) < 4.78 is 12.1. The van der Waals surface area contributed by atoms with Crippen LogP contribution in [0.15, 0.2) is 33.3 Å². The molecule has 3 rings (SSSR count). The molecule has 0 bridgehead atoms. The average Bonchev–Trinajstić information content (AvgIpc) is 3.12. The number of ether oxygens (including phenoxy) is 1. The zero-order chi connectivity index (χ0) is 18.0. The van der Waals surface area contributed by atoms with Crippen LogP contribution in [0, 0.1) is 5.92 Å². The summed E-state index contributed by atoms with van der Waals surface area (Å²) in [5.41, 5.74) is 0.893. The van der Waals surface area contributed by atoms with E-state index in [0.717, 1.165) is 36.2 Å². The van der Waals surface area contributed by atoms with Gasteiger partial charge in [0.05, 0.1) is 11.5 Å². The van der Waals surface area contributed by atoms with Crippen molar-refractivity contribution in [1.29, 1.82) is 0 Å². The number of benzene rings is 1. The number of aromatic nitrogens is 2. The van der Waals surface area contributed by atoms with Crippen molar-refractivity contribution >= 4 is 21.9 Å². The molecule has 0 spiro atoms. The fourth-order valence-electron chi connectivity index (χ4n) is 3.35. The molecule has 5 nitrogen and oxygen atoms in total. The molecule has 0 amide bonds. The Morgan fingerprint density at radius 3 is 2.44 bits per heavy atom. The first-order chi connectivity index (χ1) is 11.9. The van der Waals surface area contributed by atoms with Gasteiger partial charge in [-0.1, -0.05) is 47.1 Å². The Morgan fingerprint density at radius 2 is 1.88 bits per heavy atom. The van der Waals surface area contributed by atoms with E-state index in [1.54, 1.807) is 7.11 Å². The molecule has 0 aliphatic carbocycles. The molecule has 6 heteroatoms. The Labute approximate surface area is 157 Å². The van der Waals surface area contributed by atoms with Gasteiger partial charge in [0.1, 0.15) is 0 Å². The molecule has 1 aliphatic rings. The van der Waals surface area contributed by atoms with Crippen LogP contribution in [0.1, 0.15) is 45.0 Å². The molecule has 2 aromatic rings. The topological polar surface area (TPSA) is 51.4 Å². The van der Waals surface area contributed by atoms with E-state index in [0.29, 0.717) is 18.0 Å². The first-order valence-corrected chi connectivity index (χ1v) is 9.62. The van der Waals surface area contributed by atoms with Gasteiger partial charge in [-0.15, -0.1) is 0 Å². The summed E-state index contributed by atoms with van der Waals surface area (Å²) in [7, 11) is 1.78. The van der Waals surface area contributed by atoms with E-state index in [1.807, 2.05) is 0 Å². The summed E-state index contributed by atoms with van der Waals surface area (Å²) in [6, 6.07) is 9.00. The third kappa shape index (κ3) is 3.60. The molecule has 1 fully saturated rings. The molecule has 0 saturated carbocycles. The van der Waals surface area contributed by atoms with Crippen molar-refractivity contribution < 1.29 is 9.26 Å². The summed E-state index contributed by atoms with van der Waals surface area (Å²) in [4.78, 5) is 6.93. The van der Waals surface area contributed by atoms with Crippen LogP contribution in [0.3, 0.4) is 0 Å². The second-order valence-electron chi connectivity index (χ2n) is 7.19. The number of methoxy groups -OCH3 is 1. The minimum atomic E-state index is -0.298. The minimum absolute atomic E-state index is 0.298. The summed E-state index contributed by atoms with van der Waals surface area (Å²) in [5, 5.41) is 4.35. The molecule has 1 aromatic carbocycles. The highest BCUT2D eigenvalue weighted by Gasteiger charge is 2.38. The smallest absolute Gasteiger partial charge is 0.324 e. The van der Waals surface area contributed by atoms with Crippen LogP contribution < -0.4 is 4.90 Å². The fourth-order valence-corrected chi connectivity index (χ4v) is 3.62. The first kappa shape index (κ1) is 18.4. The average molecular weight is 408 g/mol. The Kier molecular flexibility index (Phi) is 5.49. The predicted octanol–water partition coefficient (Wildman–Crippen LogP) is 4.41. The Hall–Kier alpha value is -1.40. The van der Waals surface area contributed by atoms with E-state index in [2.05, 4.69) is 71.0 Å². The molecular weight excluding hydrogens is 382 g/mol. The summed E-state index contributed by atoms with van der Waals surface area (Å²) in [6.45, 7) is 8.35. The fraction of sp³-hybridized carbons (Fsp3) is 0.579. The van der Waals surface area contributed by atoms with Gasteiger partial charge >= 0.3 is 6.01 Å². The van der Waals surface area contributed by atoms with E-state index in [1.165, 1.54) is 5.56 Å². The van der Waals surface area contributed by atoms with Gasteiger partial charge in [0.2, 0.25) is 0 Å². The summed E-state index contributed by atoms with van der Waals surface area (Å²) >= 11 is 3.51. The second kappa shape index (κ2) is 7.46. The number of hydrogen-bond donors (Lipinski definition) is 0. The maximum Gasteiger partial charge on any atom is 0.324 e. The maximum absolute atomic E-state index is 5.63. The first-order valence-electron chi connectivity index (χ1n) is 8.83. The zero-order valence-electron chi connectivity index (χ0n) is 15.3. The lowest BCUT2D eigenvalue weighted by atomic mass is 9.73. The van der Waals surface area contributed by atoms with Crippen LogP contribution in [0.2, 0.25) is 0 Å². The highest BCUT2D eigenvalue weighted by Crippen LogP contribution is 2.38. The Balaban J connectivity index is 1.86. The third-order valence-electron chi connectivity index (χ3n) is 5.52. The molecule has 0 radical (unpaired) electrons. The standard InChI is InChI=1S/C19H26BrN3O2/c1-13(2)19(3,14-5-7-15(20)8-6-14)17-21-18(25-22-17)23-11-9-16(24-4)10-12-23/h5-8,13,16H,9-12H2,1-4H3. The molecule has 1 atom stereocenters. The number of halogens is 1. The van der Waals surface area contributed by atoms with Gasteiger partial charge in [-0.25, -0.2) is 0 Å². The monoisotopic (exact) mass is 407 g/mol. The number of piperidine rings is 1. The van der Waals surface area contributed by atoms with Crippen molar-refractivity contribution in [2.24, 2.45) is 5.92 Å². The van der Waals surface area contributed by atoms with Gasteiger partial charge in [-0.2, -0.15) is 4.98 Å². The number of nitrogens with zero attached hydrogens (tertiary/aromatic N) is 3. The quantitative estimate of drug-likeness (QED) is 0.734. The van der Waals surface area contributed by atoms with E-state index >= 15 is 0 Å². The second-order valence-corrected chi connectivity index (χ2v) is 8.10. The molecular formula is C19H26BrN3O2. The van der Waals surface area contributed by atoms with E-state index in [4.69, 9.17) is 14.2 Å². The van der Waals surface area contributed by atoms with Crippen molar-refractivity contribution in [2.45, 2.75) is 45.1 Å². The highest BCUT2D eigenvalue weighted by atomic mass is 79.9. The van der Waals surface area contributed by atoms with Gasteiger partial charge in [-0.3, -0.25) is 0 Å². The van der Waals surface area contributed by atoms with Crippen LogP contribution >= 0.6 is 15.9 Å². The molecule has 1 unspecified atom stereocenters. The SMILES string of the molecule is COC1CCN(c2nc(C(C)(c3ccc(Br)cc3)C(C)C)no2)CC1. The molecule has 1 saturated heterocycles. The van der Waals surface area contributed by atoms with Crippen LogP contribution in [0.25, 0.3) is 0 Å². The van der Waals surface area contributed by atoms with E-state index in [9.17, 15) is 0 Å². The van der Waals surface area contributed by atoms with Gasteiger partial charge in [-0.05, 0) is 43.4 Å². The lowest BCUT2D eigenvalue weighted by Crippen LogP contribution is -2.37. The highest BCUT2D eigenvalue weighted by molar-refractivity contribution is 9.10. The molecule has 0 N–H and O–H groups in total. The lowest BCUT2D eigenvalue weighted by Gasteiger charge is -2.31. The maximum atomic E-state index is 5.63. The van der Waals surface area contributed by atoms with Crippen LogP contribution in [-0.2, 0) is 10.2 Å². The summed E-state index contributed by atoms with van der Waals surface area (Å²) in [6.07, 6.45) is 2.31. The van der Waals surface area contributed by atoms with Crippen LogP contribution in [-0.4, -0.2) is 36.4 Å². The molecule has 2 heterocycles. The van der Waals surface area contributed by atoms with E-state index < -0.39 is 0 Å². The predicted molar refractivity (Wildman–Crippen MR) is 102 cm³/mol. The minimum Gasteiger partial charge on any atom is -0.381 e. The van der Waals surface area contributed by atoms with Crippen molar-refractivity contribution in [1.82, 2.24) is 10.1 Å². The molecule has 1 aromatic heterocycles. The normalized spacial score (nSPS) is 18.6. The summed E-state index contributed by atoms with van der Waals surface area (Å²) in [5.74, 6) is 1.08. The van der Waals surface area contributed by atoms with Crippen molar-refractivity contribution in [3.8, 4) is 0 Å². The Morgan fingerprint density at radius 1 is 1.24 bits per heavy atom. The Bertz CT molecular complexity index is 693. The van der Waals surface area contributed by atoms with Gasteiger partial charge < -0.3 is 14.2 Å². The number of anilines is 1. The number of hydrogen-bond acceptors (Lipinski definition) is 5. The zero-order valence-corrected chi connectivity index (χ0v) is 16.9. The third-order valence-corrected chi connectivity index (χ3v) is 6.05. The molecule has 136 valence electrons. The van der Waals surface area contributed by atoms with Crippen molar-refractivity contribution in [2.75, 3.05) is 25.1 Å².